The molecule has 1 aromatic carbocycles. The molecule has 1 aromatic rings. The smallest absolute Gasteiger partial charge is 0.320 e. The molecule has 2 rings (SSSR count). The molecule has 19 heavy (non-hydrogen) atoms. The van der Waals surface area contributed by atoms with Gasteiger partial charge in [-0.25, -0.2) is 4.39 Å². The lowest BCUT2D eigenvalue weighted by Crippen LogP contribution is -2.32. The highest BCUT2D eigenvalue weighted by Gasteiger charge is 2.27. The number of aliphatic carboxylic acids is 1. The van der Waals surface area contributed by atoms with Crippen LogP contribution in [0.4, 0.5) is 4.39 Å². The Morgan fingerprint density at radius 1 is 1.53 bits per heavy atom. The van der Waals surface area contributed by atoms with Crippen LogP contribution in [0.5, 0.6) is 5.75 Å². The van der Waals surface area contributed by atoms with Crippen LogP contribution in [0.2, 0.25) is 0 Å². The van der Waals surface area contributed by atoms with Crippen molar-refractivity contribution in [1.82, 2.24) is 0 Å². The van der Waals surface area contributed by atoms with E-state index in [1.807, 2.05) is 6.07 Å². The minimum Gasteiger partial charge on any atom is -0.491 e. The maximum atomic E-state index is 12.1. The molecule has 1 unspecified atom stereocenters. The van der Waals surface area contributed by atoms with Crippen molar-refractivity contribution in [2.75, 3.05) is 13.3 Å². The number of carbonyl (C=O) groups is 1. The molecule has 104 valence electrons. The van der Waals surface area contributed by atoms with E-state index in [0.29, 0.717) is 11.7 Å². The van der Waals surface area contributed by atoms with Crippen LogP contribution in [0.1, 0.15) is 29.9 Å². The number of carboxylic acid groups (broad SMARTS) is 1. The zero-order valence-electron chi connectivity index (χ0n) is 10.6. The predicted molar refractivity (Wildman–Crippen MR) is 69.2 cm³/mol. The zero-order chi connectivity index (χ0) is 13.8. The Bertz CT molecular complexity index is 460. The molecule has 1 aliphatic rings. The van der Waals surface area contributed by atoms with Gasteiger partial charge >= 0.3 is 5.97 Å². The molecule has 5 heteroatoms. The van der Waals surface area contributed by atoms with Crippen LogP contribution in [-0.2, 0) is 11.2 Å². The van der Waals surface area contributed by atoms with Crippen LogP contribution in [0.25, 0.3) is 0 Å². The Labute approximate surface area is 111 Å². The summed E-state index contributed by atoms with van der Waals surface area (Å²) >= 11 is 0. The molecule has 4 nitrogen and oxygen atoms in total. The molecule has 1 atom stereocenters. The quantitative estimate of drug-likeness (QED) is 0.791. The van der Waals surface area contributed by atoms with Gasteiger partial charge in [-0.1, -0.05) is 6.07 Å². The summed E-state index contributed by atoms with van der Waals surface area (Å²) in [6.45, 7) is -0.540. The van der Waals surface area contributed by atoms with Gasteiger partial charge in [-0.2, -0.15) is 0 Å². The average molecular weight is 267 g/mol. The number of benzene rings is 1. The van der Waals surface area contributed by atoms with Crippen molar-refractivity contribution in [3.8, 4) is 5.75 Å². The molecule has 0 heterocycles. The summed E-state index contributed by atoms with van der Waals surface area (Å²) in [4.78, 5) is 10.9. The molecule has 0 spiro atoms. The lowest BCUT2D eigenvalue weighted by atomic mass is 9.97. The summed E-state index contributed by atoms with van der Waals surface area (Å²) in [5, 5.41) is 8.89. The van der Waals surface area contributed by atoms with Crippen molar-refractivity contribution in [2.24, 2.45) is 5.73 Å². The first kappa shape index (κ1) is 13.8. The molecule has 0 aliphatic heterocycles. The van der Waals surface area contributed by atoms with E-state index in [1.54, 1.807) is 12.1 Å². The highest BCUT2D eigenvalue weighted by Crippen LogP contribution is 2.42. The van der Waals surface area contributed by atoms with Crippen molar-refractivity contribution in [3.05, 3.63) is 29.3 Å². The van der Waals surface area contributed by atoms with E-state index in [9.17, 15) is 9.18 Å². The summed E-state index contributed by atoms with van der Waals surface area (Å²) in [6, 6.07) is 4.61. The van der Waals surface area contributed by atoms with E-state index in [1.165, 1.54) is 0 Å². The van der Waals surface area contributed by atoms with Gasteiger partial charge in [0.25, 0.3) is 0 Å². The Morgan fingerprint density at radius 2 is 2.26 bits per heavy atom. The van der Waals surface area contributed by atoms with Gasteiger partial charge in [-0.05, 0) is 48.4 Å². The summed E-state index contributed by atoms with van der Waals surface area (Å²) < 4.78 is 17.3. The van der Waals surface area contributed by atoms with E-state index in [-0.39, 0.29) is 13.0 Å². The zero-order valence-corrected chi connectivity index (χ0v) is 10.6. The Kier molecular flexibility index (Phi) is 4.37. The summed E-state index contributed by atoms with van der Waals surface area (Å²) in [5.74, 6) is 0.0534. The first-order valence-electron chi connectivity index (χ1n) is 6.41. The topological polar surface area (TPSA) is 72.5 Å². The van der Waals surface area contributed by atoms with Gasteiger partial charge in [0, 0.05) is 0 Å². The van der Waals surface area contributed by atoms with Gasteiger partial charge in [0.05, 0.1) is 0 Å². The van der Waals surface area contributed by atoms with Gasteiger partial charge in [0.1, 0.15) is 25.1 Å². The van der Waals surface area contributed by atoms with Gasteiger partial charge in [-0.3, -0.25) is 4.79 Å². The van der Waals surface area contributed by atoms with Crippen LogP contribution >= 0.6 is 0 Å². The van der Waals surface area contributed by atoms with E-state index < -0.39 is 18.7 Å². The highest BCUT2D eigenvalue weighted by atomic mass is 19.1. The number of carboxylic acids is 1. The average Bonchev–Trinajstić information content (AvgIpc) is 3.20. The monoisotopic (exact) mass is 267 g/mol. The van der Waals surface area contributed by atoms with Crippen LogP contribution in [0.15, 0.2) is 18.2 Å². The third-order valence-electron chi connectivity index (χ3n) is 3.23. The number of halogens is 1. The highest BCUT2D eigenvalue weighted by molar-refractivity contribution is 5.73. The molecular weight excluding hydrogens is 249 g/mol. The second kappa shape index (κ2) is 6.02. The number of nitrogens with two attached hydrogens (primary N) is 1. The van der Waals surface area contributed by atoms with Crippen LogP contribution < -0.4 is 10.5 Å². The van der Waals surface area contributed by atoms with Gasteiger partial charge < -0.3 is 15.6 Å². The van der Waals surface area contributed by atoms with Crippen molar-refractivity contribution in [2.45, 2.75) is 31.2 Å². The number of ether oxygens (including phenoxy) is 1. The second-order valence-electron chi connectivity index (χ2n) is 4.82. The predicted octanol–water partition coefficient (Wildman–Crippen LogP) is 1.87. The third kappa shape index (κ3) is 3.67. The normalized spacial score (nSPS) is 16.1. The first-order chi connectivity index (χ1) is 9.11. The fourth-order valence-electron chi connectivity index (χ4n) is 2.12. The maximum Gasteiger partial charge on any atom is 0.320 e. The molecule has 1 fully saturated rings. The van der Waals surface area contributed by atoms with Crippen LogP contribution in [0, 0.1) is 0 Å². The van der Waals surface area contributed by atoms with Gasteiger partial charge in [-0.15, -0.1) is 0 Å². The minimum absolute atomic E-state index is 0.00714. The van der Waals surface area contributed by atoms with E-state index in [4.69, 9.17) is 15.6 Å². The molecular formula is C14H18FNO3. The molecule has 1 aliphatic carbocycles. The van der Waals surface area contributed by atoms with Crippen molar-refractivity contribution in [1.29, 1.82) is 0 Å². The number of rotatable bonds is 7. The summed E-state index contributed by atoms with van der Waals surface area (Å²) in [5.41, 5.74) is 7.63. The molecule has 3 N–H and O–H groups in total. The lowest BCUT2D eigenvalue weighted by Gasteiger charge is -2.14. The Morgan fingerprint density at radius 3 is 2.84 bits per heavy atom. The van der Waals surface area contributed by atoms with Crippen molar-refractivity contribution >= 4 is 5.97 Å². The van der Waals surface area contributed by atoms with Crippen molar-refractivity contribution < 1.29 is 19.0 Å². The van der Waals surface area contributed by atoms with Crippen LogP contribution in [-0.4, -0.2) is 30.4 Å². The van der Waals surface area contributed by atoms with E-state index in [2.05, 4.69) is 0 Å². The summed E-state index contributed by atoms with van der Waals surface area (Å²) in [6.07, 6.45) is 2.52. The largest absolute Gasteiger partial charge is 0.491 e. The third-order valence-corrected chi connectivity index (χ3v) is 3.23. The summed E-state index contributed by atoms with van der Waals surface area (Å²) in [7, 11) is 0. The van der Waals surface area contributed by atoms with Gasteiger partial charge in [0.15, 0.2) is 0 Å². The van der Waals surface area contributed by atoms with Crippen LogP contribution in [0.3, 0.4) is 0 Å². The second-order valence-corrected chi connectivity index (χ2v) is 4.82. The maximum absolute atomic E-state index is 12.1. The van der Waals surface area contributed by atoms with E-state index >= 15 is 0 Å². The first-order valence-corrected chi connectivity index (χ1v) is 6.41. The Balaban J connectivity index is 2.17. The molecule has 1 saturated carbocycles. The standard InChI is InChI=1S/C14H18FNO3/c15-5-6-19-11-3-4-12(9-1-2-9)10(7-11)8-13(16)14(17)18/h3-4,7,9,13H,1-2,5-6,8,16H2,(H,17,18). The Hall–Kier alpha value is -1.62. The minimum atomic E-state index is -1.02. The molecule has 0 bridgehead atoms. The van der Waals surface area contributed by atoms with Crippen molar-refractivity contribution in [3.63, 3.8) is 0 Å². The number of hydrogen-bond donors (Lipinski definition) is 2. The van der Waals surface area contributed by atoms with E-state index in [0.717, 1.165) is 24.0 Å². The molecule has 0 amide bonds. The SMILES string of the molecule is NC(Cc1cc(OCCF)ccc1C1CC1)C(=O)O. The number of alkyl halides is 1. The molecule has 0 radical (unpaired) electrons. The molecule has 0 saturated heterocycles. The fraction of sp³-hybridized carbons (Fsp3) is 0.500. The lowest BCUT2D eigenvalue weighted by molar-refractivity contribution is -0.138. The molecule has 0 aromatic heterocycles. The number of hydrogen-bond acceptors (Lipinski definition) is 3. The fourth-order valence-corrected chi connectivity index (χ4v) is 2.12. The van der Waals surface area contributed by atoms with Gasteiger partial charge in [0.2, 0.25) is 0 Å².